The van der Waals surface area contributed by atoms with E-state index in [0.717, 1.165) is 116 Å². The molecule has 0 aliphatic carbocycles. The van der Waals surface area contributed by atoms with Crippen LogP contribution in [0, 0.1) is 0 Å². The van der Waals surface area contributed by atoms with Crippen molar-refractivity contribution in [3.63, 3.8) is 0 Å². The van der Waals surface area contributed by atoms with E-state index in [1.54, 1.807) is 0 Å². The molecule has 2 unspecified atom stereocenters. The van der Waals surface area contributed by atoms with Crippen LogP contribution in [0.3, 0.4) is 0 Å². The predicted octanol–water partition coefficient (Wildman–Crippen LogP) is 18.7. The minimum Gasteiger partial charge on any atom is -0.462 e. The van der Waals surface area contributed by atoms with Crippen LogP contribution in [-0.2, 0) is 65.4 Å². The van der Waals surface area contributed by atoms with Gasteiger partial charge in [-0.15, -0.1) is 0 Å². The number of hydrogen-bond donors (Lipinski definition) is 3. The summed E-state index contributed by atoms with van der Waals surface area (Å²) in [5, 5.41) is 10.5. The van der Waals surface area contributed by atoms with Gasteiger partial charge in [0.25, 0.3) is 0 Å². The molecule has 0 radical (unpaired) electrons. The molecule has 0 fully saturated rings. The first-order valence-electron chi connectivity index (χ1n) is 34.8. The first-order valence-corrected chi connectivity index (χ1v) is 37.8. The van der Waals surface area contributed by atoms with Gasteiger partial charge in [0.05, 0.1) is 26.4 Å². The molecule has 5 atom stereocenters. The van der Waals surface area contributed by atoms with Crippen molar-refractivity contribution in [3.8, 4) is 0 Å². The van der Waals surface area contributed by atoms with Crippen molar-refractivity contribution >= 4 is 39.5 Å². The number of aliphatic hydroxyl groups is 1. The van der Waals surface area contributed by atoms with Gasteiger partial charge in [0.15, 0.2) is 12.2 Å². The number of carbonyl (C=O) groups excluding carboxylic acids is 4. The van der Waals surface area contributed by atoms with E-state index in [0.29, 0.717) is 25.7 Å². The van der Waals surface area contributed by atoms with Gasteiger partial charge in [0.2, 0.25) is 0 Å². The Morgan fingerprint density at radius 1 is 0.282 bits per heavy atom. The van der Waals surface area contributed by atoms with Crippen LogP contribution >= 0.6 is 15.6 Å². The van der Waals surface area contributed by atoms with Crippen molar-refractivity contribution in [2.45, 2.75) is 361 Å². The topological polar surface area (TPSA) is 237 Å². The van der Waals surface area contributed by atoms with Gasteiger partial charge in [-0.1, -0.05) is 291 Å². The van der Waals surface area contributed by atoms with Gasteiger partial charge in [-0.2, -0.15) is 0 Å². The molecule has 17 nitrogen and oxygen atoms in total. The molecule has 504 valence electrons. The van der Waals surface area contributed by atoms with Crippen molar-refractivity contribution in [1.29, 1.82) is 0 Å². The number of carbonyl (C=O) groups is 4. The lowest BCUT2D eigenvalue weighted by molar-refractivity contribution is -0.161. The van der Waals surface area contributed by atoms with E-state index in [4.69, 9.17) is 37.0 Å². The molecule has 0 spiro atoms. The van der Waals surface area contributed by atoms with E-state index >= 15 is 0 Å². The third-order valence-electron chi connectivity index (χ3n) is 15.4. The standard InChI is InChI=1S/C66H128O17P2/c1-5-9-13-17-21-23-25-27-29-31-33-35-37-41-45-49-53-66(71)83-62(57-77-64(69)51-47-43-40-36-34-32-30-28-26-24-22-18-14-10-6-2)59-81-85(74,75)79-55-60(67)54-78-84(72,73)80-58-61(82-65(70)52-48-44-39-20-16-12-8-4)56-76-63(68)50-46-42-38-19-15-11-7-3/h60-62,67H,5-59H2,1-4H3,(H,72,73)(H,74,75)/t60-,61+,62+/m0/s1. The van der Waals surface area contributed by atoms with Crippen molar-refractivity contribution in [3.05, 3.63) is 0 Å². The lowest BCUT2D eigenvalue weighted by Crippen LogP contribution is -2.30. The molecule has 0 saturated heterocycles. The van der Waals surface area contributed by atoms with E-state index in [9.17, 15) is 43.2 Å². The number of ether oxygens (including phenoxy) is 4. The first-order chi connectivity index (χ1) is 41.2. The summed E-state index contributed by atoms with van der Waals surface area (Å²) in [6, 6.07) is 0. The average molecular weight is 1260 g/mol. The van der Waals surface area contributed by atoms with Crippen LogP contribution in [0.5, 0.6) is 0 Å². The van der Waals surface area contributed by atoms with Gasteiger partial charge in [-0.05, 0) is 25.7 Å². The molecule has 19 heteroatoms. The Balaban J connectivity index is 5.16. The summed E-state index contributed by atoms with van der Waals surface area (Å²) >= 11 is 0. The van der Waals surface area contributed by atoms with Crippen molar-refractivity contribution in [1.82, 2.24) is 0 Å². The van der Waals surface area contributed by atoms with E-state index < -0.39 is 97.5 Å². The third kappa shape index (κ3) is 60.7. The summed E-state index contributed by atoms with van der Waals surface area (Å²) < 4.78 is 67.9. The third-order valence-corrected chi connectivity index (χ3v) is 17.3. The van der Waals surface area contributed by atoms with Crippen molar-refractivity contribution < 1.29 is 80.2 Å². The Bertz CT molecular complexity index is 1640. The Morgan fingerprint density at radius 3 is 0.694 bits per heavy atom. The largest absolute Gasteiger partial charge is 0.472 e. The lowest BCUT2D eigenvalue weighted by Gasteiger charge is -2.21. The molecule has 0 heterocycles. The maximum Gasteiger partial charge on any atom is 0.472 e. The summed E-state index contributed by atoms with van der Waals surface area (Å²) in [6.45, 7) is 4.84. The number of phosphoric acid groups is 2. The van der Waals surface area contributed by atoms with Gasteiger partial charge in [-0.3, -0.25) is 37.3 Å². The molecular weight excluding hydrogens is 1130 g/mol. The Kier molecular flexibility index (Phi) is 59.6. The fraction of sp³-hybridized carbons (Fsp3) is 0.939. The van der Waals surface area contributed by atoms with Gasteiger partial charge < -0.3 is 33.8 Å². The molecule has 0 saturated carbocycles. The highest BCUT2D eigenvalue weighted by Gasteiger charge is 2.30. The smallest absolute Gasteiger partial charge is 0.462 e. The van der Waals surface area contributed by atoms with Gasteiger partial charge in [0.1, 0.15) is 19.3 Å². The molecule has 85 heavy (non-hydrogen) atoms. The maximum atomic E-state index is 13.0. The van der Waals surface area contributed by atoms with Gasteiger partial charge >= 0.3 is 39.5 Å². The summed E-state index contributed by atoms with van der Waals surface area (Å²) in [6.07, 6.45) is 47.5. The van der Waals surface area contributed by atoms with Gasteiger partial charge in [-0.25, -0.2) is 9.13 Å². The van der Waals surface area contributed by atoms with Crippen LogP contribution in [0.2, 0.25) is 0 Å². The number of aliphatic hydroxyl groups excluding tert-OH is 1. The normalized spacial score (nSPS) is 14.1. The minimum absolute atomic E-state index is 0.104. The molecule has 0 rings (SSSR count). The summed E-state index contributed by atoms with van der Waals surface area (Å²) in [5.41, 5.74) is 0. The summed E-state index contributed by atoms with van der Waals surface area (Å²) in [7, 11) is -9.88. The molecule has 0 aliphatic rings. The molecule has 0 aliphatic heterocycles. The summed E-state index contributed by atoms with van der Waals surface area (Å²) in [5.74, 6) is -2.14. The highest BCUT2D eigenvalue weighted by atomic mass is 31.2. The van der Waals surface area contributed by atoms with Crippen LogP contribution in [0.25, 0.3) is 0 Å². The second-order valence-corrected chi connectivity index (χ2v) is 26.8. The van der Waals surface area contributed by atoms with Crippen LogP contribution in [-0.4, -0.2) is 96.7 Å². The molecular formula is C66H128O17P2. The minimum atomic E-state index is -4.94. The number of phosphoric ester groups is 2. The zero-order chi connectivity index (χ0) is 62.6. The zero-order valence-corrected chi connectivity index (χ0v) is 56.4. The predicted molar refractivity (Wildman–Crippen MR) is 340 cm³/mol. The molecule has 0 bridgehead atoms. The van der Waals surface area contributed by atoms with Crippen LogP contribution in [0.1, 0.15) is 342 Å². The zero-order valence-electron chi connectivity index (χ0n) is 54.6. The number of hydrogen-bond acceptors (Lipinski definition) is 15. The fourth-order valence-electron chi connectivity index (χ4n) is 9.99. The second kappa shape index (κ2) is 60.9. The van der Waals surface area contributed by atoms with Crippen LogP contribution < -0.4 is 0 Å². The highest BCUT2D eigenvalue weighted by Crippen LogP contribution is 2.45. The van der Waals surface area contributed by atoms with Crippen LogP contribution in [0.4, 0.5) is 0 Å². The number of unbranched alkanes of at least 4 members (excludes halogenated alkanes) is 41. The summed E-state index contributed by atoms with van der Waals surface area (Å²) in [4.78, 5) is 72.1. The highest BCUT2D eigenvalue weighted by molar-refractivity contribution is 7.47. The monoisotopic (exact) mass is 1250 g/mol. The van der Waals surface area contributed by atoms with E-state index in [1.165, 1.54) is 148 Å². The molecule has 3 N–H and O–H groups in total. The quantitative estimate of drug-likeness (QED) is 0.0222. The van der Waals surface area contributed by atoms with E-state index in [2.05, 4.69) is 27.7 Å². The van der Waals surface area contributed by atoms with Crippen LogP contribution in [0.15, 0.2) is 0 Å². The molecule has 0 amide bonds. The van der Waals surface area contributed by atoms with E-state index in [-0.39, 0.29) is 25.7 Å². The molecule has 0 aromatic heterocycles. The second-order valence-electron chi connectivity index (χ2n) is 23.9. The SMILES string of the molecule is CCCCCCCCCCCCCCCCCCC(=O)O[C@H](COC(=O)CCCCCCCCCCCCCCCCC)COP(=O)(O)OC[C@@H](O)COP(=O)(O)OC[C@@H](COC(=O)CCCCCCCCC)OC(=O)CCCCCCCCC. The maximum absolute atomic E-state index is 13.0. The lowest BCUT2D eigenvalue weighted by atomic mass is 10.0. The van der Waals surface area contributed by atoms with Crippen molar-refractivity contribution in [2.24, 2.45) is 0 Å². The van der Waals surface area contributed by atoms with E-state index in [1.807, 2.05) is 0 Å². The molecule has 0 aromatic rings. The van der Waals surface area contributed by atoms with Crippen molar-refractivity contribution in [2.75, 3.05) is 39.6 Å². The fourth-order valence-corrected chi connectivity index (χ4v) is 11.6. The number of rotatable bonds is 67. The molecule has 0 aromatic carbocycles. The first kappa shape index (κ1) is 83.1. The average Bonchev–Trinajstić information content (AvgIpc) is 3.53. The Morgan fingerprint density at radius 2 is 0.471 bits per heavy atom. The van der Waals surface area contributed by atoms with Gasteiger partial charge in [0, 0.05) is 25.7 Å². The Hall–Kier alpha value is -1.94. The Labute approximate surface area is 517 Å². The number of esters is 4.